The van der Waals surface area contributed by atoms with E-state index in [0.29, 0.717) is 10.9 Å². The molecule has 21 heavy (non-hydrogen) atoms. The monoisotopic (exact) mass is 301 g/mol. The number of aliphatic carboxylic acids is 1. The highest BCUT2D eigenvalue weighted by Crippen LogP contribution is 2.33. The Hall–Kier alpha value is -2.98. The molecule has 2 rings (SSSR count). The van der Waals surface area contributed by atoms with E-state index in [0.717, 1.165) is 6.20 Å². The van der Waals surface area contributed by atoms with Crippen LogP contribution in [0.5, 0.6) is 0 Å². The van der Waals surface area contributed by atoms with Crippen molar-refractivity contribution in [3.63, 3.8) is 0 Å². The zero-order valence-corrected chi connectivity index (χ0v) is 10.00. The topological polar surface area (TPSA) is 110 Å². The van der Waals surface area contributed by atoms with Gasteiger partial charge in [-0.3, -0.25) is 4.79 Å². The van der Waals surface area contributed by atoms with Gasteiger partial charge in [0, 0.05) is 0 Å². The number of rotatable bonds is 2. The first-order valence-electron chi connectivity index (χ1n) is 5.27. The molecule has 0 aliphatic carbocycles. The van der Waals surface area contributed by atoms with Gasteiger partial charge in [-0.15, -0.1) is 4.80 Å². The van der Waals surface area contributed by atoms with Gasteiger partial charge in [-0.2, -0.15) is 23.4 Å². The minimum absolute atomic E-state index is 0.411. The van der Waals surface area contributed by atoms with Crippen molar-refractivity contribution in [2.75, 3.05) is 5.32 Å². The van der Waals surface area contributed by atoms with E-state index < -0.39 is 35.1 Å². The van der Waals surface area contributed by atoms with Gasteiger partial charge in [-0.25, -0.2) is 9.78 Å². The molecular formula is C10H6F3N5O3. The molecular weight excluding hydrogens is 295 g/mol. The summed E-state index contributed by atoms with van der Waals surface area (Å²) in [5.41, 5.74) is -1.63. The minimum atomic E-state index is -4.79. The van der Waals surface area contributed by atoms with Crippen molar-refractivity contribution in [3.8, 4) is 5.82 Å². The minimum Gasteiger partial charge on any atom is -0.474 e. The zero-order valence-electron chi connectivity index (χ0n) is 10.00. The fraction of sp³-hybridized carbons (Fsp3) is 0.100. The van der Waals surface area contributed by atoms with Crippen LogP contribution in [0, 0.1) is 0 Å². The fourth-order valence-corrected chi connectivity index (χ4v) is 1.40. The van der Waals surface area contributed by atoms with Crippen molar-refractivity contribution >= 4 is 17.6 Å². The summed E-state index contributed by atoms with van der Waals surface area (Å²) in [6.07, 6.45) is -1.58. The number of pyridine rings is 1. The van der Waals surface area contributed by atoms with E-state index >= 15 is 0 Å². The highest BCUT2D eigenvalue weighted by Gasteiger charge is 2.36. The largest absolute Gasteiger partial charge is 0.474 e. The number of alkyl halides is 3. The van der Waals surface area contributed by atoms with Crippen LogP contribution in [0.1, 0.15) is 5.56 Å². The number of carboxylic acid groups (broad SMARTS) is 1. The summed E-state index contributed by atoms with van der Waals surface area (Å²) in [6, 6.07) is 0.548. The van der Waals surface area contributed by atoms with Gasteiger partial charge in [-0.05, 0) is 6.07 Å². The second kappa shape index (κ2) is 5.19. The second-order valence-electron chi connectivity index (χ2n) is 3.67. The molecule has 8 nitrogen and oxygen atoms in total. The van der Waals surface area contributed by atoms with Crippen LogP contribution in [0.2, 0.25) is 0 Å². The van der Waals surface area contributed by atoms with E-state index in [-0.39, 0.29) is 0 Å². The molecule has 0 aliphatic rings. The molecule has 0 aromatic carbocycles. The van der Waals surface area contributed by atoms with Gasteiger partial charge in [0.05, 0.1) is 24.3 Å². The molecule has 1 amide bonds. The van der Waals surface area contributed by atoms with E-state index in [1.54, 1.807) is 5.32 Å². The number of nitrogens with one attached hydrogen (secondary N) is 1. The Balaban J connectivity index is 2.46. The first-order valence-corrected chi connectivity index (χ1v) is 5.27. The molecule has 11 heteroatoms. The lowest BCUT2D eigenvalue weighted by Crippen LogP contribution is -2.23. The molecule has 0 spiro atoms. The molecule has 0 atom stereocenters. The van der Waals surface area contributed by atoms with Crippen LogP contribution in [0.25, 0.3) is 5.82 Å². The number of carboxylic acids is 1. The molecule has 0 saturated carbocycles. The van der Waals surface area contributed by atoms with Crippen molar-refractivity contribution < 1.29 is 27.9 Å². The first kappa shape index (κ1) is 14.4. The lowest BCUT2D eigenvalue weighted by Gasteiger charge is -2.12. The number of hydrogen-bond acceptors (Lipinski definition) is 5. The lowest BCUT2D eigenvalue weighted by molar-refractivity contribution is -0.147. The van der Waals surface area contributed by atoms with Gasteiger partial charge in [0.1, 0.15) is 5.56 Å². The van der Waals surface area contributed by atoms with Crippen LogP contribution in [-0.4, -0.2) is 37.0 Å². The zero-order chi connectivity index (χ0) is 15.6. The van der Waals surface area contributed by atoms with Crippen molar-refractivity contribution in [1.82, 2.24) is 20.0 Å². The number of nitrogens with zero attached hydrogens (tertiary/aromatic N) is 4. The maximum absolute atomic E-state index is 13.0. The van der Waals surface area contributed by atoms with Crippen LogP contribution < -0.4 is 5.32 Å². The van der Waals surface area contributed by atoms with Crippen molar-refractivity contribution in [1.29, 1.82) is 0 Å². The predicted molar refractivity (Wildman–Crippen MR) is 60.4 cm³/mol. The summed E-state index contributed by atoms with van der Waals surface area (Å²) >= 11 is 0. The Kier molecular flexibility index (Phi) is 3.56. The van der Waals surface area contributed by atoms with E-state index in [1.807, 2.05) is 0 Å². The number of halogens is 3. The molecule has 0 radical (unpaired) electrons. The number of amides is 1. The molecule has 0 saturated heterocycles. The molecule has 0 bridgehead atoms. The second-order valence-corrected chi connectivity index (χ2v) is 3.67. The molecule has 0 fully saturated rings. The number of anilines is 1. The molecule has 2 aromatic rings. The molecule has 2 heterocycles. The first-order chi connectivity index (χ1) is 9.79. The van der Waals surface area contributed by atoms with Gasteiger partial charge < -0.3 is 10.4 Å². The van der Waals surface area contributed by atoms with Gasteiger partial charge in [-0.1, -0.05) is 0 Å². The van der Waals surface area contributed by atoms with Gasteiger partial charge >= 0.3 is 18.1 Å². The third-order valence-corrected chi connectivity index (χ3v) is 2.23. The van der Waals surface area contributed by atoms with Crippen LogP contribution >= 0.6 is 0 Å². The van der Waals surface area contributed by atoms with E-state index in [4.69, 9.17) is 5.11 Å². The van der Waals surface area contributed by atoms with Crippen LogP contribution in [0.4, 0.5) is 18.9 Å². The molecule has 2 aromatic heterocycles. The Morgan fingerprint density at radius 3 is 2.38 bits per heavy atom. The van der Waals surface area contributed by atoms with E-state index in [2.05, 4.69) is 15.2 Å². The van der Waals surface area contributed by atoms with Crippen LogP contribution in [0.3, 0.4) is 0 Å². The third kappa shape index (κ3) is 3.13. The summed E-state index contributed by atoms with van der Waals surface area (Å²) in [4.78, 5) is 25.5. The summed E-state index contributed by atoms with van der Waals surface area (Å²) < 4.78 is 38.9. The Labute approximate surface area is 114 Å². The van der Waals surface area contributed by atoms with Gasteiger partial charge in [0.25, 0.3) is 0 Å². The van der Waals surface area contributed by atoms with Crippen molar-refractivity contribution in [2.24, 2.45) is 0 Å². The quantitative estimate of drug-likeness (QED) is 0.790. The van der Waals surface area contributed by atoms with Gasteiger partial charge in [0.2, 0.25) is 0 Å². The molecule has 0 unspecified atom stereocenters. The average molecular weight is 301 g/mol. The summed E-state index contributed by atoms with van der Waals surface area (Å²) in [5.74, 6) is -3.91. The predicted octanol–water partition coefficient (Wildman–Crippen LogP) is 0.704. The average Bonchev–Trinajstić information content (AvgIpc) is 2.91. The van der Waals surface area contributed by atoms with Gasteiger partial charge in [0.15, 0.2) is 5.82 Å². The van der Waals surface area contributed by atoms with Crippen LogP contribution in [-0.2, 0) is 15.8 Å². The number of aromatic nitrogens is 4. The standard InChI is InChI=1S/C10H6F3N5O3/c11-10(12,13)6-3-5(17-8(19)9(20)21)4-14-7(6)18-15-1-2-16-18/h1-4H,(H,17,19)(H,20,21). The van der Waals surface area contributed by atoms with E-state index in [9.17, 15) is 22.8 Å². The molecule has 0 aliphatic heterocycles. The van der Waals surface area contributed by atoms with E-state index in [1.165, 1.54) is 12.4 Å². The fourth-order valence-electron chi connectivity index (χ4n) is 1.40. The highest BCUT2D eigenvalue weighted by atomic mass is 19.4. The Morgan fingerprint density at radius 2 is 1.86 bits per heavy atom. The number of hydrogen-bond donors (Lipinski definition) is 2. The summed E-state index contributed by atoms with van der Waals surface area (Å²) in [7, 11) is 0. The Morgan fingerprint density at radius 1 is 1.24 bits per heavy atom. The third-order valence-electron chi connectivity index (χ3n) is 2.23. The van der Waals surface area contributed by atoms with Crippen molar-refractivity contribution in [2.45, 2.75) is 6.18 Å². The SMILES string of the molecule is O=C(O)C(=O)Nc1cnc(-n2nccn2)c(C(F)(F)F)c1. The normalized spacial score (nSPS) is 11.2. The number of carbonyl (C=O) groups is 2. The van der Waals surface area contributed by atoms with Crippen LogP contribution in [0.15, 0.2) is 24.7 Å². The number of carbonyl (C=O) groups excluding carboxylic acids is 1. The summed E-state index contributed by atoms with van der Waals surface area (Å²) in [5, 5.41) is 17.3. The smallest absolute Gasteiger partial charge is 0.420 e. The maximum Gasteiger partial charge on any atom is 0.420 e. The summed E-state index contributed by atoms with van der Waals surface area (Å²) in [6.45, 7) is 0. The van der Waals surface area contributed by atoms with Crippen molar-refractivity contribution in [3.05, 3.63) is 30.2 Å². The maximum atomic E-state index is 13.0. The molecule has 110 valence electrons. The molecule has 2 N–H and O–H groups in total. The highest BCUT2D eigenvalue weighted by molar-refractivity contribution is 6.36. The Bertz CT molecular complexity index is 684. The lowest BCUT2D eigenvalue weighted by atomic mass is 10.2.